The van der Waals surface area contributed by atoms with Gasteiger partial charge in [-0.2, -0.15) is 0 Å². The highest BCUT2D eigenvalue weighted by Crippen LogP contribution is 2.10. The molecule has 22 heavy (non-hydrogen) atoms. The maximum Gasteiger partial charge on any atom is 0.227 e. The quantitative estimate of drug-likeness (QED) is 0.859. The van der Waals surface area contributed by atoms with E-state index in [-0.39, 0.29) is 17.7 Å². The first-order chi connectivity index (χ1) is 10.5. The molecule has 2 rings (SSSR count). The Balaban J connectivity index is 1.91. The smallest absolute Gasteiger partial charge is 0.227 e. The number of carbonyl (C=O) groups excluding carboxylic acids is 2. The van der Waals surface area contributed by atoms with Gasteiger partial charge in [-0.3, -0.25) is 9.59 Å². The average molecular weight is 302 g/mol. The van der Waals surface area contributed by atoms with Gasteiger partial charge in [0.2, 0.25) is 11.8 Å². The highest BCUT2D eigenvalue weighted by Gasteiger charge is 2.23. The molecule has 0 radical (unpaired) electrons. The summed E-state index contributed by atoms with van der Waals surface area (Å²) in [7, 11) is 0. The number of carbonyl (C=O) groups is 2. The molecule has 4 heteroatoms. The van der Waals surface area contributed by atoms with Crippen LogP contribution in [0, 0.1) is 12.8 Å². The molecule has 1 aliphatic rings. The molecule has 1 fully saturated rings. The molecule has 0 bridgehead atoms. The molecule has 1 aliphatic heterocycles. The third-order valence-electron chi connectivity index (χ3n) is 4.13. The van der Waals surface area contributed by atoms with E-state index in [0.717, 1.165) is 25.1 Å². The molecule has 120 valence electrons. The molecule has 2 amide bonds. The highest BCUT2D eigenvalue weighted by molar-refractivity contribution is 5.80. The van der Waals surface area contributed by atoms with E-state index in [9.17, 15) is 9.59 Å². The van der Waals surface area contributed by atoms with Crippen molar-refractivity contribution >= 4 is 11.8 Å². The van der Waals surface area contributed by atoms with Crippen molar-refractivity contribution in [1.29, 1.82) is 0 Å². The molecule has 0 aliphatic carbocycles. The second kappa shape index (κ2) is 7.43. The van der Waals surface area contributed by atoms with Gasteiger partial charge in [0.15, 0.2) is 0 Å². The zero-order chi connectivity index (χ0) is 16.1. The monoisotopic (exact) mass is 302 g/mol. The molecule has 1 aromatic rings. The summed E-state index contributed by atoms with van der Waals surface area (Å²) in [5, 5.41) is 0. The Kier molecular flexibility index (Phi) is 5.58. The Hall–Kier alpha value is -1.84. The molecule has 0 aromatic heterocycles. The van der Waals surface area contributed by atoms with Crippen molar-refractivity contribution in [2.45, 2.75) is 33.6 Å². The predicted molar refractivity (Wildman–Crippen MR) is 87.5 cm³/mol. The lowest BCUT2D eigenvalue weighted by Crippen LogP contribution is -2.39. The van der Waals surface area contributed by atoms with Gasteiger partial charge in [0.05, 0.1) is 6.42 Å². The van der Waals surface area contributed by atoms with E-state index in [1.807, 2.05) is 54.8 Å². The van der Waals surface area contributed by atoms with Crippen LogP contribution in [0.5, 0.6) is 0 Å². The fraction of sp³-hybridized carbons (Fsp3) is 0.556. The van der Waals surface area contributed by atoms with Crippen molar-refractivity contribution in [2.75, 3.05) is 26.2 Å². The molecule has 4 nitrogen and oxygen atoms in total. The van der Waals surface area contributed by atoms with E-state index in [2.05, 4.69) is 0 Å². The number of hydrogen-bond acceptors (Lipinski definition) is 2. The molecule has 1 heterocycles. The van der Waals surface area contributed by atoms with Crippen LogP contribution in [0.4, 0.5) is 0 Å². The van der Waals surface area contributed by atoms with Crippen molar-refractivity contribution in [3.63, 3.8) is 0 Å². The lowest BCUT2D eigenvalue weighted by Gasteiger charge is -2.23. The van der Waals surface area contributed by atoms with E-state index in [4.69, 9.17) is 0 Å². The molecule has 0 spiro atoms. The van der Waals surface area contributed by atoms with Crippen LogP contribution in [0.25, 0.3) is 0 Å². The van der Waals surface area contributed by atoms with Crippen LogP contribution in [0.3, 0.4) is 0 Å². The van der Waals surface area contributed by atoms with Gasteiger partial charge in [-0.05, 0) is 18.9 Å². The number of amides is 2. The predicted octanol–water partition coefficient (Wildman–Crippen LogP) is 2.25. The third kappa shape index (κ3) is 4.33. The largest absolute Gasteiger partial charge is 0.341 e. The first-order valence-electron chi connectivity index (χ1n) is 8.09. The number of aryl methyl sites for hydroxylation is 1. The second-order valence-corrected chi connectivity index (χ2v) is 6.38. The van der Waals surface area contributed by atoms with E-state index in [0.29, 0.717) is 19.5 Å². The maximum atomic E-state index is 12.4. The summed E-state index contributed by atoms with van der Waals surface area (Å²) in [5.41, 5.74) is 2.25. The van der Waals surface area contributed by atoms with Gasteiger partial charge in [-0.1, -0.05) is 43.7 Å². The summed E-state index contributed by atoms with van der Waals surface area (Å²) in [4.78, 5) is 28.3. The molecular formula is C18H26N2O2. The summed E-state index contributed by atoms with van der Waals surface area (Å²) in [6.07, 6.45) is 1.30. The summed E-state index contributed by atoms with van der Waals surface area (Å²) in [6, 6.07) is 8.10. The topological polar surface area (TPSA) is 40.6 Å². The molecule has 0 atom stereocenters. The van der Waals surface area contributed by atoms with Gasteiger partial charge in [0, 0.05) is 32.1 Å². The zero-order valence-electron chi connectivity index (χ0n) is 13.8. The fourth-order valence-electron chi connectivity index (χ4n) is 2.74. The van der Waals surface area contributed by atoms with Crippen molar-refractivity contribution in [1.82, 2.24) is 9.80 Å². The van der Waals surface area contributed by atoms with Gasteiger partial charge >= 0.3 is 0 Å². The highest BCUT2D eigenvalue weighted by atomic mass is 16.2. The van der Waals surface area contributed by atoms with Crippen LogP contribution < -0.4 is 0 Å². The van der Waals surface area contributed by atoms with Crippen molar-refractivity contribution in [3.8, 4) is 0 Å². The Bertz CT molecular complexity index is 522. The van der Waals surface area contributed by atoms with E-state index < -0.39 is 0 Å². The Morgan fingerprint density at radius 1 is 1.00 bits per heavy atom. The number of benzene rings is 1. The first kappa shape index (κ1) is 16.5. The minimum Gasteiger partial charge on any atom is -0.341 e. The Morgan fingerprint density at radius 2 is 1.59 bits per heavy atom. The molecule has 0 unspecified atom stereocenters. The van der Waals surface area contributed by atoms with Gasteiger partial charge in [0.1, 0.15) is 0 Å². The minimum atomic E-state index is 0.0230. The van der Waals surface area contributed by atoms with Crippen LogP contribution in [0.1, 0.15) is 31.4 Å². The summed E-state index contributed by atoms with van der Waals surface area (Å²) >= 11 is 0. The SMILES string of the molecule is Cc1ccc(CC(=O)N2CCCN(C(=O)C(C)C)CC2)cc1. The summed E-state index contributed by atoms with van der Waals surface area (Å²) in [6.45, 7) is 8.68. The second-order valence-electron chi connectivity index (χ2n) is 6.38. The van der Waals surface area contributed by atoms with Crippen LogP contribution in [-0.4, -0.2) is 47.8 Å². The molecular weight excluding hydrogens is 276 g/mol. The number of nitrogens with zero attached hydrogens (tertiary/aromatic N) is 2. The summed E-state index contributed by atoms with van der Waals surface area (Å²) in [5.74, 6) is 0.366. The molecule has 0 saturated carbocycles. The van der Waals surface area contributed by atoms with E-state index >= 15 is 0 Å². The van der Waals surface area contributed by atoms with E-state index in [1.165, 1.54) is 5.56 Å². The normalized spacial score (nSPS) is 15.8. The lowest BCUT2D eigenvalue weighted by atomic mass is 10.1. The van der Waals surface area contributed by atoms with E-state index in [1.54, 1.807) is 0 Å². The van der Waals surface area contributed by atoms with Gasteiger partial charge in [-0.25, -0.2) is 0 Å². The standard InChI is InChI=1S/C18H26N2O2/c1-14(2)18(22)20-10-4-9-19(11-12-20)17(21)13-16-7-5-15(3)6-8-16/h5-8,14H,4,9-13H2,1-3H3. The van der Waals surface area contributed by atoms with Crippen molar-refractivity contribution < 1.29 is 9.59 Å². The number of rotatable bonds is 3. The van der Waals surface area contributed by atoms with Crippen LogP contribution in [0.2, 0.25) is 0 Å². The van der Waals surface area contributed by atoms with Crippen LogP contribution >= 0.6 is 0 Å². The Morgan fingerprint density at radius 3 is 2.23 bits per heavy atom. The zero-order valence-corrected chi connectivity index (χ0v) is 13.8. The summed E-state index contributed by atoms with van der Waals surface area (Å²) < 4.78 is 0. The van der Waals surface area contributed by atoms with Crippen molar-refractivity contribution in [2.24, 2.45) is 5.92 Å². The number of hydrogen-bond donors (Lipinski definition) is 0. The van der Waals surface area contributed by atoms with Gasteiger partial charge in [-0.15, -0.1) is 0 Å². The Labute approximate surface area is 133 Å². The molecule has 1 aromatic carbocycles. The van der Waals surface area contributed by atoms with Gasteiger partial charge in [0.25, 0.3) is 0 Å². The fourth-order valence-corrected chi connectivity index (χ4v) is 2.74. The first-order valence-corrected chi connectivity index (χ1v) is 8.09. The van der Waals surface area contributed by atoms with Crippen LogP contribution in [-0.2, 0) is 16.0 Å². The van der Waals surface area contributed by atoms with Gasteiger partial charge < -0.3 is 9.80 Å². The minimum absolute atomic E-state index is 0.0230. The molecule has 1 saturated heterocycles. The maximum absolute atomic E-state index is 12.4. The lowest BCUT2D eigenvalue weighted by molar-refractivity contribution is -0.135. The van der Waals surface area contributed by atoms with Crippen molar-refractivity contribution in [3.05, 3.63) is 35.4 Å². The molecule has 0 N–H and O–H groups in total. The van der Waals surface area contributed by atoms with Crippen LogP contribution in [0.15, 0.2) is 24.3 Å². The average Bonchev–Trinajstić information content (AvgIpc) is 2.74. The third-order valence-corrected chi connectivity index (χ3v) is 4.13.